The van der Waals surface area contributed by atoms with Gasteiger partial charge in [0, 0.05) is 13.0 Å². The number of esters is 1. The molecule has 5 nitrogen and oxygen atoms in total. The zero-order valence-corrected chi connectivity index (χ0v) is 25.9. The number of ether oxygens (including phenoxy) is 3. The van der Waals surface area contributed by atoms with Crippen LogP contribution in [-0.4, -0.2) is 64.0 Å². The first-order valence-electron chi connectivity index (χ1n) is 16.4. The second-order valence-corrected chi connectivity index (χ2v) is 12.7. The molecule has 0 amide bonds. The van der Waals surface area contributed by atoms with Crippen molar-refractivity contribution in [2.75, 3.05) is 41.0 Å². The third-order valence-electron chi connectivity index (χ3n) is 9.19. The van der Waals surface area contributed by atoms with Crippen molar-refractivity contribution >= 4 is 5.97 Å². The number of unbranched alkanes of at least 4 members (excludes halogenated alkanes) is 7. The van der Waals surface area contributed by atoms with Crippen LogP contribution in [-0.2, 0) is 19.0 Å². The summed E-state index contributed by atoms with van der Waals surface area (Å²) >= 11 is 0. The van der Waals surface area contributed by atoms with E-state index in [4.69, 9.17) is 14.2 Å². The van der Waals surface area contributed by atoms with Crippen LogP contribution in [0.2, 0.25) is 0 Å². The minimum absolute atomic E-state index is 0.138. The molecule has 6 atom stereocenters. The molecule has 0 heterocycles. The first-order chi connectivity index (χ1) is 18.5. The van der Waals surface area contributed by atoms with Crippen LogP contribution < -0.4 is 0 Å². The van der Waals surface area contributed by atoms with E-state index >= 15 is 0 Å². The maximum absolute atomic E-state index is 11.3. The molecule has 2 aliphatic carbocycles. The molecule has 0 aliphatic heterocycles. The summed E-state index contributed by atoms with van der Waals surface area (Å²) in [6.45, 7) is 6.70. The van der Waals surface area contributed by atoms with Gasteiger partial charge in [0.05, 0.1) is 32.5 Å². The predicted molar refractivity (Wildman–Crippen MR) is 158 cm³/mol. The van der Waals surface area contributed by atoms with Crippen LogP contribution in [0.4, 0.5) is 0 Å². The van der Waals surface area contributed by atoms with E-state index < -0.39 is 0 Å². The zero-order valence-electron chi connectivity index (χ0n) is 25.9. The number of nitrogens with zero attached hydrogens (tertiary/aromatic N) is 1. The quantitative estimate of drug-likeness (QED) is 0.0825. The Kier molecular flexibility index (Phi) is 17.9. The molecule has 0 radical (unpaired) electrons. The van der Waals surface area contributed by atoms with Gasteiger partial charge in [-0.25, -0.2) is 0 Å². The van der Waals surface area contributed by atoms with Crippen LogP contribution in [0.1, 0.15) is 129 Å². The number of likely N-dealkylation sites (N-methyl/N-ethyl adjacent to an activating group) is 1. The van der Waals surface area contributed by atoms with E-state index in [0.717, 1.165) is 56.0 Å². The lowest BCUT2D eigenvalue weighted by Gasteiger charge is -2.26. The molecule has 6 unspecified atom stereocenters. The van der Waals surface area contributed by atoms with Gasteiger partial charge in [-0.3, -0.25) is 4.79 Å². The molecule has 2 saturated carbocycles. The van der Waals surface area contributed by atoms with Gasteiger partial charge in [-0.05, 0) is 82.7 Å². The van der Waals surface area contributed by atoms with Crippen molar-refractivity contribution in [3.63, 3.8) is 0 Å². The van der Waals surface area contributed by atoms with Gasteiger partial charge in [0.2, 0.25) is 0 Å². The minimum atomic E-state index is -0.138. The number of carbonyl (C=O) groups is 1. The maximum atomic E-state index is 11.3. The van der Waals surface area contributed by atoms with Gasteiger partial charge in [-0.15, -0.1) is 0 Å². The normalized spacial score (nSPS) is 23.9. The van der Waals surface area contributed by atoms with Gasteiger partial charge in [-0.1, -0.05) is 78.1 Å². The van der Waals surface area contributed by atoms with E-state index in [-0.39, 0.29) is 18.1 Å². The van der Waals surface area contributed by atoms with Crippen LogP contribution in [0.15, 0.2) is 0 Å². The fourth-order valence-electron chi connectivity index (χ4n) is 6.06. The summed E-state index contributed by atoms with van der Waals surface area (Å²) in [5.74, 6) is 4.27. The van der Waals surface area contributed by atoms with Crippen LogP contribution in [0.5, 0.6) is 0 Å². The van der Waals surface area contributed by atoms with Gasteiger partial charge >= 0.3 is 5.97 Å². The highest BCUT2D eigenvalue weighted by Gasteiger charge is 2.44. The zero-order chi connectivity index (χ0) is 27.6. The summed E-state index contributed by atoms with van der Waals surface area (Å²) in [4.78, 5) is 13.5. The van der Waals surface area contributed by atoms with Crippen molar-refractivity contribution in [1.82, 2.24) is 4.90 Å². The number of hydrogen-bond donors (Lipinski definition) is 0. The molecule has 38 heavy (non-hydrogen) atoms. The van der Waals surface area contributed by atoms with Gasteiger partial charge < -0.3 is 19.1 Å². The molecule has 0 spiro atoms. The Morgan fingerprint density at radius 1 is 0.816 bits per heavy atom. The molecule has 2 aliphatic rings. The summed E-state index contributed by atoms with van der Waals surface area (Å²) in [6, 6.07) is 0.266. The van der Waals surface area contributed by atoms with E-state index in [2.05, 4.69) is 32.8 Å². The Morgan fingerprint density at radius 2 is 1.45 bits per heavy atom. The lowest BCUT2D eigenvalue weighted by atomic mass is 10.0. The molecule has 5 heteroatoms. The third-order valence-corrected chi connectivity index (χ3v) is 9.19. The molecule has 2 fully saturated rings. The molecule has 0 saturated heterocycles. The summed E-state index contributed by atoms with van der Waals surface area (Å²) < 4.78 is 16.9. The van der Waals surface area contributed by atoms with E-state index in [9.17, 15) is 4.79 Å². The number of methoxy groups -OCH3 is 1. The molecule has 0 aromatic carbocycles. The fourth-order valence-corrected chi connectivity index (χ4v) is 6.06. The van der Waals surface area contributed by atoms with Gasteiger partial charge in [0.25, 0.3) is 0 Å². The molecule has 0 aromatic heterocycles. The smallest absolute Gasteiger partial charge is 0.305 e. The Balaban J connectivity index is 1.38. The molecule has 0 bridgehead atoms. The number of hydrogen-bond acceptors (Lipinski definition) is 5. The summed E-state index contributed by atoms with van der Waals surface area (Å²) in [5, 5.41) is 0. The second kappa shape index (κ2) is 20.3. The standard InChI is InChI=1S/C33H63NO4/c1-6-8-13-17-27-22-29(27)24-30-23-28(30)18-14-11-9-10-12-15-21-37-25-31(34(3)4)26-38-32(7-2)19-16-20-33(35)36-5/h27-32H,6-26H2,1-5H3. The lowest BCUT2D eigenvalue weighted by Crippen LogP contribution is -2.38. The first kappa shape index (κ1) is 33.6. The van der Waals surface area contributed by atoms with Gasteiger partial charge in [0.15, 0.2) is 0 Å². The monoisotopic (exact) mass is 537 g/mol. The molecule has 0 aromatic rings. The Morgan fingerprint density at radius 3 is 2.05 bits per heavy atom. The second-order valence-electron chi connectivity index (χ2n) is 12.7. The topological polar surface area (TPSA) is 48.0 Å². The first-order valence-corrected chi connectivity index (χ1v) is 16.4. The lowest BCUT2D eigenvalue weighted by molar-refractivity contribution is -0.140. The Hall–Kier alpha value is -0.650. The highest BCUT2D eigenvalue weighted by atomic mass is 16.5. The minimum Gasteiger partial charge on any atom is -0.469 e. The van der Waals surface area contributed by atoms with Gasteiger partial charge in [0.1, 0.15) is 0 Å². The van der Waals surface area contributed by atoms with E-state index in [1.165, 1.54) is 71.3 Å². The van der Waals surface area contributed by atoms with E-state index in [0.29, 0.717) is 19.6 Å². The molecule has 224 valence electrons. The van der Waals surface area contributed by atoms with Crippen molar-refractivity contribution < 1.29 is 19.0 Å². The average molecular weight is 538 g/mol. The molecule has 2 rings (SSSR count). The number of rotatable bonds is 26. The van der Waals surface area contributed by atoms with Crippen molar-refractivity contribution in [1.29, 1.82) is 0 Å². The van der Waals surface area contributed by atoms with Crippen LogP contribution >= 0.6 is 0 Å². The Labute approximate surface area is 236 Å². The van der Waals surface area contributed by atoms with E-state index in [1.807, 2.05) is 0 Å². The number of carbonyl (C=O) groups excluding carboxylic acids is 1. The summed E-state index contributed by atoms with van der Waals surface area (Å²) in [6.07, 6.45) is 23.4. The molecule has 0 N–H and O–H groups in total. The van der Waals surface area contributed by atoms with E-state index in [1.54, 1.807) is 19.3 Å². The maximum Gasteiger partial charge on any atom is 0.305 e. The Bertz CT molecular complexity index is 598. The SMILES string of the molecule is CCCCCC1CC1CC1CC1CCCCCCCCOCC(COC(CC)CCCC(=O)OC)N(C)C. The predicted octanol–water partition coefficient (Wildman–Crippen LogP) is 8.05. The molecular formula is C33H63NO4. The van der Waals surface area contributed by atoms with Crippen molar-refractivity contribution in [3.8, 4) is 0 Å². The van der Waals surface area contributed by atoms with Crippen LogP contribution in [0.3, 0.4) is 0 Å². The van der Waals surface area contributed by atoms with Crippen LogP contribution in [0, 0.1) is 23.7 Å². The van der Waals surface area contributed by atoms with Crippen molar-refractivity contribution in [2.24, 2.45) is 23.7 Å². The highest BCUT2D eigenvalue weighted by Crippen LogP contribution is 2.54. The fraction of sp³-hybridized carbons (Fsp3) is 0.970. The van der Waals surface area contributed by atoms with Crippen LogP contribution in [0.25, 0.3) is 0 Å². The summed E-state index contributed by atoms with van der Waals surface area (Å²) in [7, 11) is 5.63. The molecular weight excluding hydrogens is 474 g/mol. The third kappa shape index (κ3) is 15.2. The highest BCUT2D eigenvalue weighted by molar-refractivity contribution is 5.68. The largest absolute Gasteiger partial charge is 0.469 e. The summed E-state index contributed by atoms with van der Waals surface area (Å²) in [5.41, 5.74) is 0. The van der Waals surface area contributed by atoms with Gasteiger partial charge in [-0.2, -0.15) is 0 Å². The average Bonchev–Trinajstić information content (AvgIpc) is 3.83. The van der Waals surface area contributed by atoms with Crippen molar-refractivity contribution in [3.05, 3.63) is 0 Å². The van der Waals surface area contributed by atoms with Crippen molar-refractivity contribution in [2.45, 2.75) is 142 Å².